The number of benzene rings is 2. The summed E-state index contributed by atoms with van der Waals surface area (Å²) in [5.74, 6) is -1.70. The van der Waals surface area contributed by atoms with Gasteiger partial charge in [0.2, 0.25) is 10.0 Å². The first-order valence-electron chi connectivity index (χ1n) is 8.65. The number of hydrogen-bond acceptors (Lipinski definition) is 3. The van der Waals surface area contributed by atoms with Gasteiger partial charge in [-0.1, -0.05) is 6.07 Å². The van der Waals surface area contributed by atoms with Crippen LogP contribution in [0.1, 0.15) is 25.5 Å². The molecule has 0 spiro atoms. The monoisotopic (exact) mass is 412 g/mol. The Balaban J connectivity index is 2.08. The third-order valence-corrected chi connectivity index (χ3v) is 6.14. The molecule has 2 rings (SSSR count). The predicted octanol–water partition coefficient (Wildman–Crippen LogP) is 1.87. The van der Waals surface area contributed by atoms with E-state index < -0.39 is 33.7 Å². The first-order chi connectivity index (χ1) is 13.0. The van der Waals surface area contributed by atoms with Gasteiger partial charge in [-0.25, -0.2) is 21.5 Å². The number of quaternary nitrogens is 1. The third kappa shape index (κ3) is 5.12. The van der Waals surface area contributed by atoms with Gasteiger partial charge in [0.1, 0.15) is 17.7 Å². The summed E-state index contributed by atoms with van der Waals surface area (Å²) in [5, 5.41) is 4.31. The predicted molar refractivity (Wildman–Crippen MR) is 102 cm³/mol. The number of amides is 1. The number of rotatable bonds is 7. The summed E-state index contributed by atoms with van der Waals surface area (Å²) in [4.78, 5) is 12.5. The standard InChI is InChI=1S/C19H23F2N3O3S/c1-12(17-9-8-14(20)10-18(17)21)22-13(2)19(25)23-15-6-5-7-16(11-15)28(26,27)24(3)4/h5-13,22H,1-4H3,(H,23,25)/p+1/t12-,13+/m1/s1. The van der Waals surface area contributed by atoms with E-state index in [1.165, 1.54) is 44.4 Å². The van der Waals surface area contributed by atoms with Crippen molar-refractivity contribution in [3.05, 3.63) is 59.7 Å². The Labute approximate surface area is 163 Å². The molecule has 9 heteroatoms. The second-order valence-electron chi connectivity index (χ2n) is 6.74. The summed E-state index contributed by atoms with van der Waals surface area (Å²) in [7, 11) is -0.768. The smallest absolute Gasteiger partial charge is 0.282 e. The number of carbonyl (C=O) groups is 1. The molecular formula is C19H24F2N3O3S+. The Morgan fingerprint density at radius 2 is 1.79 bits per heavy atom. The molecule has 152 valence electrons. The van der Waals surface area contributed by atoms with E-state index in [1.54, 1.807) is 25.2 Å². The Hall–Kier alpha value is -2.36. The van der Waals surface area contributed by atoms with Crippen molar-refractivity contribution in [2.75, 3.05) is 19.4 Å². The summed E-state index contributed by atoms with van der Waals surface area (Å²) < 4.78 is 52.4. The largest absolute Gasteiger partial charge is 0.330 e. The van der Waals surface area contributed by atoms with Gasteiger partial charge < -0.3 is 10.6 Å². The van der Waals surface area contributed by atoms with Crippen molar-refractivity contribution in [3.63, 3.8) is 0 Å². The van der Waals surface area contributed by atoms with Crippen LogP contribution >= 0.6 is 0 Å². The SMILES string of the molecule is C[C@H]([NH2+][C@H](C)c1ccc(F)cc1F)C(=O)Nc1cccc(S(=O)(=O)N(C)C)c1. The summed E-state index contributed by atoms with van der Waals surface area (Å²) in [6.45, 7) is 3.36. The van der Waals surface area contributed by atoms with Gasteiger partial charge in [0, 0.05) is 31.4 Å². The van der Waals surface area contributed by atoms with Gasteiger partial charge in [-0.15, -0.1) is 0 Å². The van der Waals surface area contributed by atoms with E-state index in [4.69, 9.17) is 0 Å². The van der Waals surface area contributed by atoms with Crippen molar-refractivity contribution in [1.29, 1.82) is 0 Å². The summed E-state index contributed by atoms with van der Waals surface area (Å²) in [6, 6.07) is 8.27. The number of hydrogen-bond donors (Lipinski definition) is 2. The second kappa shape index (κ2) is 8.76. The van der Waals surface area contributed by atoms with Crippen LogP contribution < -0.4 is 10.6 Å². The average Bonchev–Trinajstić information content (AvgIpc) is 2.61. The fourth-order valence-electron chi connectivity index (χ4n) is 2.70. The van der Waals surface area contributed by atoms with Gasteiger partial charge in [0.15, 0.2) is 6.04 Å². The van der Waals surface area contributed by atoms with Crippen LogP contribution in [0.4, 0.5) is 14.5 Å². The molecule has 0 aromatic heterocycles. The number of halogens is 2. The zero-order valence-electron chi connectivity index (χ0n) is 16.1. The van der Waals surface area contributed by atoms with E-state index in [0.29, 0.717) is 11.3 Å². The minimum Gasteiger partial charge on any atom is -0.330 e. The van der Waals surface area contributed by atoms with Crippen molar-refractivity contribution >= 4 is 21.6 Å². The molecule has 0 fully saturated rings. The molecule has 2 aromatic rings. The molecule has 0 radical (unpaired) electrons. The molecule has 0 bridgehead atoms. The average molecular weight is 412 g/mol. The molecule has 0 saturated carbocycles. The molecule has 0 aliphatic carbocycles. The Bertz CT molecular complexity index is 965. The molecule has 1 amide bonds. The van der Waals surface area contributed by atoms with Crippen molar-refractivity contribution in [2.45, 2.75) is 30.8 Å². The molecule has 2 aromatic carbocycles. The van der Waals surface area contributed by atoms with Crippen molar-refractivity contribution in [1.82, 2.24) is 4.31 Å². The quantitative estimate of drug-likeness (QED) is 0.728. The zero-order valence-corrected chi connectivity index (χ0v) is 16.9. The Kier molecular flexibility index (Phi) is 6.87. The Morgan fingerprint density at radius 1 is 1.11 bits per heavy atom. The van der Waals surface area contributed by atoms with E-state index in [9.17, 15) is 22.0 Å². The third-order valence-electron chi connectivity index (χ3n) is 4.32. The van der Waals surface area contributed by atoms with Gasteiger partial charge in [-0.3, -0.25) is 4.79 Å². The number of nitrogens with two attached hydrogens (primary N) is 1. The number of nitrogens with one attached hydrogen (secondary N) is 1. The number of sulfonamides is 1. The van der Waals surface area contributed by atoms with E-state index >= 15 is 0 Å². The molecule has 0 aliphatic rings. The lowest BCUT2D eigenvalue weighted by Gasteiger charge is -2.18. The highest BCUT2D eigenvalue weighted by atomic mass is 32.2. The van der Waals surface area contributed by atoms with Gasteiger partial charge in [0.25, 0.3) is 5.91 Å². The Morgan fingerprint density at radius 3 is 2.39 bits per heavy atom. The summed E-state index contributed by atoms with van der Waals surface area (Å²) in [5.41, 5.74) is 0.633. The van der Waals surface area contributed by atoms with Crippen LogP contribution in [-0.4, -0.2) is 38.8 Å². The minimum absolute atomic E-state index is 0.0636. The van der Waals surface area contributed by atoms with Gasteiger partial charge in [0.05, 0.1) is 4.90 Å². The lowest BCUT2D eigenvalue weighted by molar-refractivity contribution is -0.710. The minimum atomic E-state index is -3.62. The van der Waals surface area contributed by atoms with Crippen molar-refractivity contribution in [2.24, 2.45) is 0 Å². The van der Waals surface area contributed by atoms with Crippen molar-refractivity contribution < 1.29 is 27.3 Å². The molecule has 0 heterocycles. The number of nitrogens with zero attached hydrogens (tertiary/aromatic N) is 1. The molecule has 3 N–H and O–H groups in total. The van der Waals surface area contributed by atoms with Crippen molar-refractivity contribution in [3.8, 4) is 0 Å². The number of anilines is 1. The molecule has 2 atom stereocenters. The zero-order chi connectivity index (χ0) is 21.1. The topological polar surface area (TPSA) is 83.1 Å². The maximum Gasteiger partial charge on any atom is 0.282 e. The van der Waals surface area contributed by atoms with Gasteiger partial charge in [-0.2, -0.15) is 0 Å². The first-order valence-corrected chi connectivity index (χ1v) is 10.1. The molecule has 0 aliphatic heterocycles. The fraction of sp³-hybridized carbons (Fsp3) is 0.316. The van der Waals surface area contributed by atoms with Crippen LogP contribution in [0, 0.1) is 11.6 Å². The van der Waals surface area contributed by atoms with Crippen LogP contribution in [0.15, 0.2) is 47.4 Å². The highest BCUT2D eigenvalue weighted by Crippen LogP contribution is 2.18. The molecular weight excluding hydrogens is 388 g/mol. The highest BCUT2D eigenvalue weighted by molar-refractivity contribution is 7.89. The number of carbonyl (C=O) groups excluding carboxylic acids is 1. The van der Waals surface area contributed by atoms with E-state index in [-0.39, 0.29) is 10.8 Å². The van der Waals surface area contributed by atoms with Crippen LogP contribution in [0.3, 0.4) is 0 Å². The lowest BCUT2D eigenvalue weighted by atomic mass is 10.1. The van der Waals surface area contributed by atoms with E-state index in [2.05, 4.69) is 5.32 Å². The molecule has 6 nitrogen and oxygen atoms in total. The summed E-state index contributed by atoms with van der Waals surface area (Å²) >= 11 is 0. The second-order valence-corrected chi connectivity index (χ2v) is 8.89. The normalized spacial score (nSPS) is 14.0. The van der Waals surface area contributed by atoms with Crippen LogP contribution in [0.2, 0.25) is 0 Å². The maximum atomic E-state index is 13.9. The fourth-order valence-corrected chi connectivity index (χ4v) is 3.64. The van der Waals surface area contributed by atoms with Crippen LogP contribution in [0.5, 0.6) is 0 Å². The lowest BCUT2D eigenvalue weighted by Crippen LogP contribution is -2.91. The summed E-state index contributed by atoms with van der Waals surface area (Å²) in [6.07, 6.45) is 0. The van der Waals surface area contributed by atoms with Gasteiger partial charge in [-0.05, 0) is 44.2 Å². The molecule has 28 heavy (non-hydrogen) atoms. The first kappa shape index (κ1) is 21.9. The molecule has 0 unspecified atom stereocenters. The van der Waals surface area contributed by atoms with Crippen LogP contribution in [-0.2, 0) is 14.8 Å². The highest BCUT2D eigenvalue weighted by Gasteiger charge is 2.23. The van der Waals surface area contributed by atoms with E-state index in [0.717, 1.165) is 10.4 Å². The van der Waals surface area contributed by atoms with E-state index in [1.807, 2.05) is 0 Å². The molecule has 0 saturated heterocycles. The van der Waals surface area contributed by atoms with Crippen LogP contribution in [0.25, 0.3) is 0 Å². The maximum absolute atomic E-state index is 13.9. The van der Waals surface area contributed by atoms with Gasteiger partial charge >= 0.3 is 0 Å².